The highest BCUT2D eigenvalue weighted by Crippen LogP contribution is 2.35. The topological polar surface area (TPSA) is 25.8 Å². The first-order valence-corrected chi connectivity index (χ1v) is 8.29. The molecule has 1 aliphatic rings. The zero-order valence-corrected chi connectivity index (χ0v) is 14.0. The standard InChI is InChI=1S/C14H20ClIN2/c1-3-5-11-12(16)13(15)18-14(17-11)10-7-4-6-9(2)8-10/h9-10H,3-8H2,1-2H3. The van der Waals surface area contributed by atoms with E-state index in [9.17, 15) is 0 Å². The number of halogens is 2. The largest absolute Gasteiger partial charge is 0.236 e. The maximum atomic E-state index is 6.25. The van der Waals surface area contributed by atoms with E-state index in [0.29, 0.717) is 11.1 Å². The van der Waals surface area contributed by atoms with Gasteiger partial charge in [0.25, 0.3) is 0 Å². The van der Waals surface area contributed by atoms with E-state index in [1.54, 1.807) is 0 Å². The highest BCUT2D eigenvalue weighted by Gasteiger charge is 2.24. The summed E-state index contributed by atoms with van der Waals surface area (Å²) < 4.78 is 1.03. The molecule has 2 unspecified atom stereocenters. The first kappa shape index (κ1) is 14.5. The van der Waals surface area contributed by atoms with Gasteiger partial charge in [-0.3, -0.25) is 0 Å². The van der Waals surface area contributed by atoms with Crippen LogP contribution in [0, 0.1) is 9.49 Å². The summed E-state index contributed by atoms with van der Waals surface area (Å²) in [6.07, 6.45) is 7.16. The van der Waals surface area contributed by atoms with Gasteiger partial charge in [-0.25, -0.2) is 9.97 Å². The van der Waals surface area contributed by atoms with Crippen molar-refractivity contribution in [2.45, 2.75) is 58.3 Å². The van der Waals surface area contributed by atoms with Crippen LogP contribution in [-0.2, 0) is 6.42 Å². The van der Waals surface area contributed by atoms with Gasteiger partial charge in [-0.05, 0) is 47.8 Å². The summed E-state index contributed by atoms with van der Waals surface area (Å²) >= 11 is 8.51. The molecule has 0 aromatic carbocycles. The van der Waals surface area contributed by atoms with Crippen molar-refractivity contribution in [3.8, 4) is 0 Å². The molecule has 0 bridgehead atoms. The van der Waals surface area contributed by atoms with Gasteiger partial charge in [0.15, 0.2) is 0 Å². The Balaban J connectivity index is 2.27. The molecule has 100 valence electrons. The maximum absolute atomic E-state index is 6.25. The lowest BCUT2D eigenvalue weighted by atomic mass is 9.82. The number of hydrogen-bond acceptors (Lipinski definition) is 2. The summed E-state index contributed by atoms with van der Waals surface area (Å²) in [6, 6.07) is 0. The minimum atomic E-state index is 0.513. The van der Waals surface area contributed by atoms with Gasteiger partial charge in [0.2, 0.25) is 0 Å². The first-order valence-electron chi connectivity index (χ1n) is 6.83. The van der Waals surface area contributed by atoms with Gasteiger partial charge < -0.3 is 0 Å². The Labute approximate surface area is 128 Å². The summed E-state index contributed by atoms with van der Waals surface area (Å²) in [4.78, 5) is 9.30. The molecular formula is C14H20ClIN2. The number of hydrogen-bond donors (Lipinski definition) is 0. The molecule has 0 spiro atoms. The second-order valence-corrected chi connectivity index (χ2v) is 6.79. The third kappa shape index (κ3) is 3.35. The Bertz CT molecular complexity index is 423. The van der Waals surface area contributed by atoms with E-state index in [2.05, 4.69) is 41.4 Å². The summed E-state index contributed by atoms with van der Waals surface area (Å²) in [5, 5.41) is 0.641. The SMILES string of the molecule is CCCc1nc(C2CCCC(C)C2)nc(Cl)c1I. The van der Waals surface area contributed by atoms with E-state index in [-0.39, 0.29) is 0 Å². The van der Waals surface area contributed by atoms with Crippen molar-refractivity contribution in [3.05, 3.63) is 20.2 Å². The van der Waals surface area contributed by atoms with E-state index < -0.39 is 0 Å². The fourth-order valence-corrected chi connectivity index (χ4v) is 3.44. The average molecular weight is 379 g/mol. The number of aromatic nitrogens is 2. The monoisotopic (exact) mass is 378 g/mol. The fourth-order valence-electron chi connectivity index (χ4n) is 2.73. The van der Waals surface area contributed by atoms with Crippen LogP contribution in [-0.4, -0.2) is 9.97 Å². The molecule has 1 aliphatic carbocycles. The molecule has 1 aromatic rings. The lowest BCUT2D eigenvalue weighted by molar-refractivity contribution is 0.334. The first-order chi connectivity index (χ1) is 8.61. The van der Waals surface area contributed by atoms with Crippen LogP contribution >= 0.6 is 34.2 Å². The van der Waals surface area contributed by atoms with Gasteiger partial charge in [0.05, 0.1) is 9.26 Å². The minimum absolute atomic E-state index is 0.513. The van der Waals surface area contributed by atoms with E-state index in [4.69, 9.17) is 16.6 Å². The lowest BCUT2D eigenvalue weighted by Crippen LogP contribution is -2.16. The second-order valence-electron chi connectivity index (χ2n) is 5.35. The summed E-state index contributed by atoms with van der Waals surface area (Å²) in [6.45, 7) is 4.50. The van der Waals surface area contributed by atoms with Crippen LogP contribution in [0.5, 0.6) is 0 Å². The third-order valence-corrected chi connectivity index (χ3v) is 5.41. The zero-order valence-electron chi connectivity index (χ0n) is 11.0. The summed E-state index contributed by atoms with van der Waals surface area (Å²) in [5.74, 6) is 2.29. The van der Waals surface area contributed by atoms with Crippen molar-refractivity contribution in [3.63, 3.8) is 0 Å². The number of aryl methyl sites for hydroxylation is 1. The zero-order chi connectivity index (χ0) is 13.1. The predicted molar refractivity (Wildman–Crippen MR) is 84.1 cm³/mol. The van der Waals surface area contributed by atoms with Crippen molar-refractivity contribution in [2.24, 2.45) is 5.92 Å². The Hall–Kier alpha value is 0.100. The van der Waals surface area contributed by atoms with E-state index in [0.717, 1.165) is 33.8 Å². The molecule has 2 rings (SSSR count). The third-order valence-electron chi connectivity index (χ3n) is 3.69. The molecule has 0 amide bonds. The molecule has 0 radical (unpaired) electrons. The Morgan fingerprint density at radius 2 is 2.11 bits per heavy atom. The number of nitrogens with zero attached hydrogens (tertiary/aromatic N) is 2. The second kappa shape index (κ2) is 6.51. The normalized spacial score (nSPS) is 24.2. The molecule has 1 heterocycles. The van der Waals surface area contributed by atoms with Gasteiger partial charge in [-0.2, -0.15) is 0 Å². The fraction of sp³-hybridized carbons (Fsp3) is 0.714. The summed E-state index contributed by atoms with van der Waals surface area (Å²) in [7, 11) is 0. The Morgan fingerprint density at radius 1 is 1.33 bits per heavy atom. The number of rotatable bonds is 3. The van der Waals surface area contributed by atoms with Crippen LogP contribution in [0.25, 0.3) is 0 Å². The molecule has 1 saturated carbocycles. The van der Waals surface area contributed by atoms with Crippen molar-refractivity contribution < 1.29 is 0 Å². The van der Waals surface area contributed by atoms with Crippen molar-refractivity contribution in [2.75, 3.05) is 0 Å². The Morgan fingerprint density at radius 3 is 2.78 bits per heavy atom. The van der Waals surface area contributed by atoms with E-state index >= 15 is 0 Å². The predicted octanol–water partition coefficient (Wildman–Crippen LogP) is 4.98. The van der Waals surface area contributed by atoms with Crippen molar-refractivity contribution in [1.29, 1.82) is 0 Å². The van der Waals surface area contributed by atoms with Crippen LogP contribution in [0.15, 0.2) is 0 Å². The van der Waals surface area contributed by atoms with Gasteiger partial charge in [-0.1, -0.05) is 44.7 Å². The molecule has 0 aliphatic heterocycles. The van der Waals surface area contributed by atoms with Crippen LogP contribution < -0.4 is 0 Å². The molecular weight excluding hydrogens is 359 g/mol. The van der Waals surface area contributed by atoms with Crippen LogP contribution in [0.1, 0.15) is 63.4 Å². The van der Waals surface area contributed by atoms with Gasteiger partial charge in [0, 0.05) is 5.92 Å². The molecule has 0 N–H and O–H groups in total. The van der Waals surface area contributed by atoms with Crippen molar-refractivity contribution in [1.82, 2.24) is 9.97 Å². The molecule has 0 saturated heterocycles. The van der Waals surface area contributed by atoms with Gasteiger partial charge in [-0.15, -0.1) is 0 Å². The van der Waals surface area contributed by atoms with Crippen LogP contribution in [0.3, 0.4) is 0 Å². The maximum Gasteiger partial charge on any atom is 0.146 e. The minimum Gasteiger partial charge on any atom is -0.236 e. The van der Waals surface area contributed by atoms with E-state index in [1.165, 1.54) is 25.7 Å². The molecule has 2 atom stereocenters. The molecule has 1 fully saturated rings. The smallest absolute Gasteiger partial charge is 0.146 e. The quantitative estimate of drug-likeness (QED) is 0.547. The van der Waals surface area contributed by atoms with Crippen LogP contribution in [0.2, 0.25) is 5.15 Å². The molecule has 1 aromatic heterocycles. The highest BCUT2D eigenvalue weighted by atomic mass is 127. The van der Waals surface area contributed by atoms with Gasteiger partial charge in [0.1, 0.15) is 11.0 Å². The average Bonchev–Trinajstić information content (AvgIpc) is 2.35. The molecule has 2 nitrogen and oxygen atoms in total. The summed E-state index contributed by atoms with van der Waals surface area (Å²) in [5.41, 5.74) is 1.13. The van der Waals surface area contributed by atoms with Crippen molar-refractivity contribution >= 4 is 34.2 Å². The van der Waals surface area contributed by atoms with E-state index in [1.807, 2.05) is 0 Å². The van der Waals surface area contributed by atoms with Gasteiger partial charge >= 0.3 is 0 Å². The molecule has 4 heteroatoms. The lowest BCUT2D eigenvalue weighted by Gasteiger charge is -2.26. The Kier molecular flexibility index (Phi) is 5.24. The highest BCUT2D eigenvalue weighted by molar-refractivity contribution is 14.1. The molecule has 18 heavy (non-hydrogen) atoms. The van der Waals surface area contributed by atoms with Crippen LogP contribution in [0.4, 0.5) is 0 Å².